The zero-order valence-corrected chi connectivity index (χ0v) is 16.9. The zero-order valence-electron chi connectivity index (χ0n) is 16.9. The number of carbonyl (C=O) groups excluding carboxylic acids is 2. The molecule has 3 aliphatic rings. The SMILES string of the molecule is CCN1CCN(C2CCN(C(=O)COc3ccc4c(c3)CCC4=O)CC2)CC1. The molecular formula is C22H31N3O3. The predicted molar refractivity (Wildman–Crippen MR) is 108 cm³/mol. The molecule has 152 valence electrons. The highest BCUT2D eigenvalue weighted by atomic mass is 16.5. The first-order valence-electron chi connectivity index (χ1n) is 10.7. The maximum absolute atomic E-state index is 12.5. The number of fused-ring (bicyclic) bond motifs is 1. The fraction of sp³-hybridized carbons (Fsp3) is 0.636. The van der Waals surface area contributed by atoms with Crippen LogP contribution >= 0.6 is 0 Å². The first-order valence-corrected chi connectivity index (χ1v) is 10.7. The Morgan fingerprint density at radius 2 is 1.82 bits per heavy atom. The van der Waals surface area contributed by atoms with Crippen LogP contribution in [0, 0.1) is 0 Å². The zero-order chi connectivity index (χ0) is 19.5. The third-order valence-corrected chi connectivity index (χ3v) is 6.55. The van der Waals surface area contributed by atoms with E-state index in [9.17, 15) is 9.59 Å². The first-order chi connectivity index (χ1) is 13.6. The van der Waals surface area contributed by atoms with Gasteiger partial charge in [0.15, 0.2) is 12.4 Å². The van der Waals surface area contributed by atoms with Crippen molar-refractivity contribution in [3.8, 4) is 5.75 Å². The molecule has 0 radical (unpaired) electrons. The van der Waals surface area contributed by atoms with E-state index in [1.54, 1.807) is 6.07 Å². The number of rotatable bonds is 5. The largest absolute Gasteiger partial charge is 0.484 e. The van der Waals surface area contributed by atoms with Gasteiger partial charge in [0.05, 0.1) is 0 Å². The second-order valence-corrected chi connectivity index (χ2v) is 8.11. The number of benzene rings is 1. The van der Waals surface area contributed by atoms with E-state index in [0.717, 1.165) is 76.2 Å². The van der Waals surface area contributed by atoms with Crippen LogP contribution in [0.25, 0.3) is 0 Å². The van der Waals surface area contributed by atoms with Gasteiger partial charge in [0.1, 0.15) is 5.75 Å². The number of piperazine rings is 1. The Bertz CT molecular complexity index is 720. The van der Waals surface area contributed by atoms with E-state index >= 15 is 0 Å². The normalized spacial score (nSPS) is 21.8. The van der Waals surface area contributed by atoms with Crippen molar-refractivity contribution in [1.82, 2.24) is 14.7 Å². The summed E-state index contributed by atoms with van der Waals surface area (Å²) < 4.78 is 5.73. The van der Waals surface area contributed by atoms with Crippen molar-refractivity contribution in [2.45, 2.75) is 38.6 Å². The number of hydrogen-bond acceptors (Lipinski definition) is 5. The van der Waals surface area contributed by atoms with Crippen molar-refractivity contribution >= 4 is 11.7 Å². The second-order valence-electron chi connectivity index (χ2n) is 8.11. The Labute approximate surface area is 167 Å². The van der Waals surface area contributed by atoms with Crippen molar-refractivity contribution in [2.24, 2.45) is 0 Å². The molecule has 2 heterocycles. The molecule has 28 heavy (non-hydrogen) atoms. The summed E-state index contributed by atoms with van der Waals surface area (Å²) in [4.78, 5) is 31.3. The number of piperidine rings is 1. The number of nitrogens with zero attached hydrogens (tertiary/aromatic N) is 3. The molecule has 6 heteroatoms. The van der Waals surface area contributed by atoms with Crippen LogP contribution in [0.5, 0.6) is 5.75 Å². The Kier molecular flexibility index (Phi) is 5.97. The van der Waals surface area contributed by atoms with Crippen molar-refractivity contribution in [1.29, 1.82) is 0 Å². The minimum atomic E-state index is 0.0610. The lowest BCUT2D eigenvalue weighted by Gasteiger charge is -2.42. The summed E-state index contributed by atoms with van der Waals surface area (Å²) in [7, 11) is 0. The number of aryl methyl sites for hydroxylation is 1. The van der Waals surface area contributed by atoms with Crippen LogP contribution in [0.15, 0.2) is 18.2 Å². The van der Waals surface area contributed by atoms with E-state index in [2.05, 4.69) is 16.7 Å². The van der Waals surface area contributed by atoms with Crippen LogP contribution in [-0.2, 0) is 11.2 Å². The van der Waals surface area contributed by atoms with Gasteiger partial charge >= 0.3 is 0 Å². The van der Waals surface area contributed by atoms with Crippen LogP contribution in [0.2, 0.25) is 0 Å². The van der Waals surface area contributed by atoms with Crippen molar-refractivity contribution < 1.29 is 14.3 Å². The number of likely N-dealkylation sites (tertiary alicyclic amines) is 1. The molecule has 2 aliphatic heterocycles. The smallest absolute Gasteiger partial charge is 0.260 e. The minimum absolute atomic E-state index is 0.0610. The average molecular weight is 386 g/mol. The summed E-state index contributed by atoms with van der Waals surface area (Å²) >= 11 is 0. The number of likely N-dealkylation sites (N-methyl/N-ethyl adjacent to an activating group) is 1. The lowest BCUT2D eigenvalue weighted by atomic mass is 10.0. The fourth-order valence-corrected chi connectivity index (χ4v) is 4.68. The van der Waals surface area contributed by atoms with Crippen molar-refractivity contribution in [3.05, 3.63) is 29.3 Å². The Hall–Kier alpha value is -1.92. The number of amides is 1. The van der Waals surface area contributed by atoms with Gasteiger partial charge < -0.3 is 14.5 Å². The lowest BCUT2D eigenvalue weighted by molar-refractivity contribution is -0.135. The van der Waals surface area contributed by atoms with E-state index < -0.39 is 0 Å². The van der Waals surface area contributed by atoms with E-state index in [1.807, 2.05) is 17.0 Å². The summed E-state index contributed by atoms with van der Waals surface area (Å²) in [6, 6.07) is 6.15. The van der Waals surface area contributed by atoms with Crippen LogP contribution < -0.4 is 4.74 Å². The maximum Gasteiger partial charge on any atom is 0.260 e. The number of ketones is 1. The predicted octanol–water partition coefficient (Wildman–Crippen LogP) is 1.82. The average Bonchev–Trinajstić information content (AvgIpc) is 3.12. The van der Waals surface area contributed by atoms with Gasteiger partial charge in [0, 0.05) is 57.3 Å². The molecule has 0 aromatic heterocycles. The summed E-state index contributed by atoms with van der Waals surface area (Å²) in [5, 5.41) is 0. The molecule has 0 spiro atoms. The summed E-state index contributed by atoms with van der Waals surface area (Å²) in [6.07, 6.45) is 3.47. The van der Waals surface area contributed by atoms with Crippen LogP contribution in [0.3, 0.4) is 0 Å². The first kappa shape index (κ1) is 19.4. The molecular weight excluding hydrogens is 354 g/mol. The molecule has 1 aliphatic carbocycles. The van der Waals surface area contributed by atoms with Gasteiger partial charge in [-0.2, -0.15) is 0 Å². The summed E-state index contributed by atoms with van der Waals surface area (Å²) in [6.45, 7) is 9.70. The second kappa shape index (κ2) is 8.62. The quantitative estimate of drug-likeness (QED) is 0.774. The van der Waals surface area contributed by atoms with E-state index in [0.29, 0.717) is 18.2 Å². The Balaban J connectivity index is 1.22. The van der Waals surface area contributed by atoms with Gasteiger partial charge in [-0.15, -0.1) is 0 Å². The van der Waals surface area contributed by atoms with Gasteiger partial charge in [-0.25, -0.2) is 0 Å². The number of Topliss-reactive ketones (excluding diaryl/α,β-unsaturated/α-hetero) is 1. The van der Waals surface area contributed by atoms with Crippen molar-refractivity contribution in [2.75, 3.05) is 52.4 Å². The highest BCUT2D eigenvalue weighted by molar-refractivity contribution is 6.00. The van der Waals surface area contributed by atoms with Crippen LogP contribution in [-0.4, -0.2) is 84.9 Å². The van der Waals surface area contributed by atoms with Gasteiger partial charge in [-0.3, -0.25) is 14.5 Å². The monoisotopic (exact) mass is 385 g/mol. The van der Waals surface area contributed by atoms with E-state index in [4.69, 9.17) is 4.74 Å². The molecule has 6 nitrogen and oxygen atoms in total. The minimum Gasteiger partial charge on any atom is -0.484 e. The number of ether oxygens (including phenoxy) is 1. The molecule has 1 amide bonds. The third-order valence-electron chi connectivity index (χ3n) is 6.55. The molecule has 4 rings (SSSR count). The molecule has 0 N–H and O–H groups in total. The molecule has 2 saturated heterocycles. The molecule has 1 aromatic rings. The topological polar surface area (TPSA) is 53.1 Å². The fourth-order valence-electron chi connectivity index (χ4n) is 4.68. The molecule has 0 bridgehead atoms. The summed E-state index contributed by atoms with van der Waals surface area (Å²) in [5.41, 5.74) is 1.85. The van der Waals surface area contributed by atoms with Crippen LogP contribution in [0.1, 0.15) is 42.1 Å². The Morgan fingerprint density at radius 3 is 2.54 bits per heavy atom. The van der Waals surface area contributed by atoms with Gasteiger partial charge in [-0.1, -0.05) is 6.92 Å². The highest BCUT2D eigenvalue weighted by Gasteiger charge is 2.29. The molecule has 0 unspecified atom stereocenters. The van der Waals surface area contributed by atoms with Gasteiger partial charge in [-0.05, 0) is 49.6 Å². The van der Waals surface area contributed by atoms with Gasteiger partial charge in [0.25, 0.3) is 5.91 Å². The molecule has 2 fully saturated rings. The number of hydrogen-bond donors (Lipinski definition) is 0. The Morgan fingerprint density at radius 1 is 1.07 bits per heavy atom. The standard InChI is InChI=1S/C22H31N3O3/c1-2-23-11-13-24(14-12-23)18-7-9-25(10-8-18)22(27)16-28-19-4-5-20-17(15-19)3-6-21(20)26/h4-5,15,18H,2-3,6-14,16H2,1H3. The maximum atomic E-state index is 12.5. The van der Waals surface area contributed by atoms with Gasteiger partial charge in [0.2, 0.25) is 0 Å². The molecule has 0 saturated carbocycles. The number of carbonyl (C=O) groups is 2. The lowest BCUT2D eigenvalue weighted by Crippen LogP contribution is -2.54. The highest BCUT2D eigenvalue weighted by Crippen LogP contribution is 2.26. The summed E-state index contributed by atoms with van der Waals surface area (Å²) in [5.74, 6) is 0.952. The van der Waals surface area contributed by atoms with Crippen LogP contribution in [0.4, 0.5) is 0 Å². The molecule has 0 atom stereocenters. The molecule has 1 aromatic carbocycles. The van der Waals surface area contributed by atoms with E-state index in [-0.39, 0.29) is 18.3 Å². The van der Waals surface area contributed by atoms with Crippen molar-refractivity contribution in [3.63, 3.8) is 0 Å². The third kappa shape index (κ3) is 4.23. The van der Waals surface area contributed by atoms with E-state index in [1.165, 1.54) is 0 Å².